The van der Waals surface area contributed by atoms with Crippen LogP contribution in [0.3, 0.4) is 0 Å². The summed E-state index contributed by atoms with van der Waals surface area (Å²) in [6.07, 6.45) is 11.9. The maximum Gasteiger partial charge on any atom is 0.225 e. The van der Waals surface area contributed by atoms with Crippen LogP contribution in [0.2, 0.25) is 0 Å². The van der Waals surface area contributed by atoms with Crippen LogP contribution >= 0.6 is 0 Å². The largest absolute Gasteiger partial charge is 0.338 e. The van der Waals surface area contributed by atoms with Gasteiger partial charge in [0.15, 0.2) is 0 Å². The Balaban J connectivity index is 1.35. The molecule has 2 heterocycles. The summed E-state index contributed by atoms with van der Waals surface area (Å²) in [5.41, 5.74) is 3.96. The van der Waals surface area contributed by atoms with Gasteiger partial charge in [0.05, 0.1) is 0 Å². The third-order valence-corrected chi connectivity index (χ3v) is 7.20. The number of nitrogens with zero attached hydrogens (tertiary/aromatic N) is 3. The van der Waals surface area contributed by atoms with Crippen molar-refractivity contribution in [2.45, 2.75) is 65.0 Å². The second kappa shape index (κ2) is 10.9. The molecule has 1 aliphatic carbocycles. The fraction of sp³-hybridized carbons (Fsp3) is 0.556. The molecule has 0 spiro atoms. The number of hydrogen-bond acceptors (Lipinski definition) is 3. The zero-order valence-electron chi connectivity index (χ0n) is 19.0. The minimum absolute atomic E-state index is 0.228. The zero-order valence-corrected chi connectivity index (χ0v) is 19.0. The highest BCUT2D eigenvalue weighted by Crippen LogP contribution is 2.28. The lowest BCUT2D eigenvalue weighted by Gasteiger charge is -2.36. The van der Waals surface area contributed by atoms with E-state index in [0.717, 1.165) is 44.6 Å². The van der Waals surface area contributed by atoms with Crippen molar-refractivity contribution in [1.29, 1.82) is 0 Å². The molecule has 1 saturated heterocycles. The number of likely N-dealkylation sites (tertiary alicyclic amines) is 1. The molecule has 0 atom stereocenters. The van der Waals surface area contributed by atoms with Crippen molar-refractivity contribution < 1.29 is 4.79 Å². The molecule has 1 saturated carbocycles. The Kier molecular flexibility index (Phi) is 7.74. The van der Waals surface area contributed by atoms with Gasteiger partial charge in [-0.25, -0.2) is 0 Å². The van der Waals surface area contributed by atoms with Crippen molar-refractivity contribution in [3.8, 4) is 0 Å². The van der Waals surface area contributed by atoms with Gasteiger partial charge in [0.1, 0.15) is 0 Å². The fourth-order valence-electron chi connectivity index (χ4n) is 5.22. The molecular formula is C27H37N3O. The van der Waals surface area contributed by atoms with Crippen molar-refractivity contribution in [1.82, 2.24) is 14.8 Å². The lowest BCUT2D eigenvalue weighted by atomic mass is 9.87. The topological polar surface area (TPSA) is 36.4 Å². The molecular weight excluding hydrogens is 382 g/mol. The lowest BCUT2D eigenvalue weighted by molar-refractivity contribution is -0.138. The molecule has 31 heavy (non-hydrogen) atoms. The number of aryl methyl sites for hydroxylation is 1. The number of pyridine rings is 1. The Morgan fingerprint density at radius 1 is 1.03 bits per heavy atom. The molecule has 4 rings (SSSR count). The molecule has 1 aromatic carbocycles. The van der Waals surface area contributed by atoms with Crippen molar-refractivity contribution in [2.24, 2.45) is 11.8 Å². The number of benzene rings is 1. The number of rotatable bonds is 7. The SMILES string of the molecule is Cc1ccccc1CN1CCC(CN(Cc2cccnc2)C(=O)C2CCCCC2)CC1. The Hall–Kier alpha value is -2.20. The van der Waals surface area contributed by atoms with Crippen LogP contribution in [0.15, 0.2) is 48.8 Å². The summed E-state index contributed by atoms with van der Waals surface area (Å²) >= 11 is 0. The molecule has 1 aromatic heterocycles. The maximum absolute atomic E-state index is 13.4. The second-order valence-electron chi connectivity index (χ2n) is 9.56. The normalized spacial score (nSPS) is 18.7. The maximum atomic E-state index is 13.4. The molecule has 0 radical (unpaired) electrons. The van der Waals surface area contributed by atoms with Gasteiger partial charge < -0.3 is 4.90 Å². The quantitative estimate of drug-likeness (QED) is 0.618. The van der Waals surface area contributed by atoms with Crippen molar-refractivity contribution in [3.63, 3.8) is 0 Å². The molecule has 0 bridgehead atoms. The van der Waals surface area contributed by atoms with E-state index in [0.29, 0.717) is 18.4 Å². The van der Waals surface area contributed by atoms with Crippen LogP contribution in [0.25, 0.3) is 0 Å². The summed E-state index contributed by atoms with van der Waals surface area (Å²) in [6, 6.07) is 12.8. The van der Waals surface area contributed by atoms with E-state index in [9.17, 15) is 4.79 Å². The van der Waals surface area contributed by atoms with Crippen LogP contribution in [-0.2, 0) is 17.9 Å². The highest BCUT2D eigenvalue weighted by Gasteiger charge is 2.29. The summed E-state index contributed by atoms with van der Waals surface area (Å²) < 4.78 is 0. The fourth-order valence-corrected chi connectivity index (χ4v) is 5.22. The smallest absolute Gasteiger partial charge is 0.225 e. The van der Waals surface area contributed by atoms with E-state index in [1.54, 1.807) is 6.20 Å². The van der Waals surface area contributed by atoms with Gasteiger partial charge in [-0.2, -0.15) is 0 Å². The summed E-state index contributed by atoms with van der Waals surface area (Å²) in [5, 5.41) is 0. The van der Waals surface area contributed by atoms with Crippen molar-refractivity contribution >= 4 is 5.91 Å². The number of carbonyl (C=O) groups is 1. The van der Waals surface area contributed by atoms with E-state index >= 15 is 0 Å². The molecule has 4 heteroatoms. The van der Waals surface area contributed by atoms with Gasteiger partial charge in [0, 0.05) is 37.9 Å². The monoisotopic (exact) mass is 419 g/mol. The third-order valence-electron chi connectivity index (χ3n) is 7.20. The van der Waals surface area contributed by atoms with Crippen LogP contribution in [-0.4, -0.2) is 40.3 Å². The minimum atomic E-state index is 0.228. The van der Waals surface area contributed by atoms with E-state index in [4.69, 9.17) is 0 Å². The van der Waals surface area contributed by atoms with Gasteiger partial charge in [-0.15, -0.1) is 0 Å². The van der Waals surface area contributed by atoms with E-state index < -0.39 is 0 Å². The first kappa shape index (κ1) is 22.0. The predicted octanol–water partition coefficient (Wildman–Crippen LogP) is 5.21. The van der Waals surface area contributed by atoms with Crippen molar-refractivity contribution in [2.75, 3.05) is 19.6 Å². The second-order valence-corrected chi connectivity index (χ2v) is 9.56. The number of carbonyl (C=O) groups excluding carboxylic acids is 1. The summed E-state index contributed by atoms with van der Waals surface area (Å²) in [7, 11) is 0. The van der Waals surface area contributed by atoms with Gasteiger partial charge in [-0.05, 0) is 74.4 Å². The molecule has 4 nitrogen and oxygen atoms in total. The Morgan fingerprint density at radius 3 is 2.52 bits per heavy atom. The molecule has 0 N–H and O–H groups in total. The van der Waals surface area contributed by atoms with Gasteiger partial charge in [0.25, 0.3) is 0 Å². The molecule has 2 fully saturated rings. The van der Waals surface area contributed by atoms with E-state index in [-0.39, 0.29) is 5.92 Å². The average Bonchev–Trinajstić information content (AvgIpc) is 2.82. The zero-order chi connectivity index (χ0) is 21.5. The van der Waals surface area contributed by atoms with Gasteiger partial charge in [0.2, 0.25) is 5.91 Å². The van der Waals surface area contributed by atoms with Crippen LogP contribution in [0, 0.1) is 18.8 Å². The van der Waals surface area contributed by atoms with Gasteiger partial charge in [-0.1, -0.05) is 49.6 Å². The van der Waals surface area contributed by atoms with Gasteiger partial charge >= 0.3 is 0 Å². The molecule has 1 aliphatic heterocycles. The van der Waals surface area contributed by atoms with E-state index in [1.807, 2.05) is 12.3 Å². The lowest BCUT2D eigenvalue weighted by Crippen LogP contribution is -2.43. The van der Waals surface area contributed by atoms with Crippen LogP contribution in [0.1, 0.15) is 61.6 Å². The van der Waals surface area contributed by atoms with Crippen LogP contribution in [0.5, 0.6) is 0 Å². The molecule has 2 aromatic rings. The minimum Gasteiger partial charge on any atom is -0.338 e. The molecule has 166 valence electrons. The average molecular weight is 420 g/mol. The van der Waals surface area contributed by atoms with Crippen LogP contribution in [0.4, 0.5) is 0 Å². The third kappa shape index (κ3) is 6.16. The molecule has 1 amide bonds. The van der Waals surface area contributed by atoms with E-state index in [1.165, 1.54) is 43.2 Å². The molecule has 2 aliphatic rings. The van der Waals surface area contributed by atoms with Crippen molar-refractivity contribution in [3.05, 3.63) is 65.5 Å². The number of hydrogen-bond donors (Lipinski definition) is 0. The first-order chi connectivity index (χ1) is 15.2. The van der Waals surface area contributed by atoms with E-state index in [2.05, 4.69) is 52.0 Å². The number of piperidine rings is 1. The predicted molar refractivity (Wildman–Crippen MR) is 125 cm³/mol. The number of amides is 1. The summed E-state index contributed by atoms with van der Waals surface area (Å²) in [4.78, 5) is 22.4. The summed E-state index contributed by atoms with van der Waals surface area (Å²) in [5.74, 6) is 1.20. The highest BCUT2D eigenvalue weighted by atomic mass is 16.2. The highest BCUT2D eigenvalue weighted by molar-refractivity contribution is 5.79. The Bertz CT molecular complexity index is 823. The molecule has 0 unspecified atom stereocenters. The first-order valence-electron chi connectivity index (χ1n) is 12.1. The Labute approximate surface area is 187 Å². The number of aromatic nitrogens is 1. The summed E-state index contributed by atoms with van der Waals surface area (Å²) in [6.45, 7) is 7.08. The standard InChI is InChI=1S/C27H37N3O/c1-22-8-5-6-12-26(22)21-29-16-13-23(14-17-29)19-30(20-24-9-7-15-28-18-24)27(31)25-10-3-2-4-11-25/h5-9,12,15,18,23,25H,2-4,10-11,13-14,16-17,19-21H2,1H3. The Morgan fingerprint density at radius 2 is 1.81 bits per heavy atom. The first-order valence-corrected chi connectivity index (χ1v) is 12.1. The van der Waals surface area contributed by atoms with Crippen LogP contribution < -0.4 is 0 Å². The van der Waals surface area contributed by atoms with Gasteiger partial charge in [-0.3, -0.25) is 14.7 Å².